The summed E-state index contributed by atoms with van der Waals surface area (Å²) in [6, 6.07) is 10.3. The minimum atomic E-state index is -0.421. The van der Waals surface area contributed by atoms with Crippen molar-refractivity contribution in [3.05, 3.63) is 29.8 Å². The molecule has 0 aliphatic carbocycles. The molecule has 0 aromatic heterocycles. The van der Waals surface area contributed by atoms with Crippen LogP contribution in [0.1, 0.15) is 45.2 Å². The summed E-state index contributed by atoms with van der Waals surface area (Å²) < 4.78 is 5.66. The molecule has 0 bridgehead atoms. The Morgan fingerprint density at radius 2 is 2.06 bits per heavy atom. The molecule has 0 aliphatic heterocycles. The molecule has 1 rings (SSSR count). The summed E-state index contributed by atoms with van der Waals surface area (Å²) in [5.74, 6) is 0.807. The number of para-hydroxylation sites is 1. The number of nitrogens with one attached hydrogen (secondary N) is 1. The van der Waals surface area contributed by atoms with Gasteiger partial charge in [-0.05, 0) is 32.4 Å². The third-order valence-electron chi connectivity index (χ3n) is 2.83. The minimum Gasteiger partial charge on any atom is -0.476 e. The number of ether oxygens (including phenoxy) is 1. The Hall–Kier alpha value is -1.53. The van der Waals surface area contributed by atoms with E-state index in [1.165, 1.54) is 0 Å². The van der Waals surface area contributed by atoms with E-state index in [0.29, 0.717) is 0 Å². The molecule has 3 nitrogen and oxygen atoms in total. The number of rotatable bonds is 7. The fourth-order valence-electron chi connectivity index (χ4n) is 1.89. The van der Waals surface area contributed by atoms with Crippen LogP contribution < -0.4 is 10.1 Å². The van der Waals surface area contributed by atoms with Crippen molar-refractivity contribution in [2.75, 3.05) is 6.54 Å². The molecule has 1 N–H and O–H groups in total. The summed E-state index contributed by atoms with van der Waals surface area (Å²) in [4.78, 5) is 0. The first-order valence-electron chi connectivity index (χ1n) is 6.61. The highest BCUT2D eigenvalue weighted by Crippen LogP contribution is 2.27. The van der Waals surface area contributed by atoms with E-state index >= 15 is 0 Å². The van der Waals surface area contributed by atoms with Crippen molar-refractivity contribution in [2.45, 2.75) is 45.8 Å². The highest BCUT2D eigenvalue weighted by atomic mass is 16.5. The SMILES string of the molecule is CCCNC(CC)c1ccccc1OC(C)C#N. The number of hydrogen-bond acceptors (Lipinski definition) is 3. The van der Waals surface area contributed by atoms with E-state index < -0.39 is 6.10 Å². The van der Waals surface area contributed by atoms with Crippen molar-refractivity contribution in [1.82, 2.24) is 5.32 Å². The van der Waals surface area contributed by atoms with E-state index in [9.17, 15) is 0 Å². The van der Waals surface area contributed by atoms with Gasteiger partial charge in [-0.1, -0.05) is 32.0 Å². The van der Waals surface area contributed by atoms with Gasteiger partial charge >= 0.3 is 0 Å². The van der Waals surface area contributed by atoms with Crippen LogP contribution in [0.15, 0.2) is 24.3 Å². The van der Waals surface area contributed by atoms with Crippen LogP contribution in [0.5, 0.6) is 5.75 Å². The van der Waals surface area contributed by atoms with Crippen LogP contribution in [0.3, 0.4) is 0 Å². The van der Waals surface area contributed by atoms with Gasteiger partial charge in [0, 0.05) is 11.6 Å². The largest absolute Gasteiger partial charge is 0.476 e. The van der Waals surface area contributed by atoms with E-state index in [4.69, 9.17) is 10.00 Å². The number of nitrogens with zero attached hydrogens (tertiary/aromatic N) is 1. The molecule has 98 valence electrons. The third-order valence-corrected chi connectivity index (χ3v) is 2.83. The van der Waals surface area contributed by atoms with Crippen molar-refractivity contribution >= 4 is 0 Å². The molecule has 0 saturated heterocycles. The molecule has 2 atom stereocenters. The van der Waals surface area contributed by atoms with Crippen LogP contribution in [0.2, 0.25) is 0 Å². The zero-order valence-electron chi connectivity index (χ0n) is 11.4. The predicted molar refractivity (Wildman–Crippen MR) is 73.5 cm³/mol. The minimum absolute atomic E-state index is 0.284. The van der Waals surface area contributed by atoms with Gasteiger partial charge in [0.1, 0.15) is 11.8 Å². The maximum absolute atomic E-state index is 8.83. The lowest BCUT2D eigenvalue weighted by Crippen LogP contribution is -2.22. The molecule has 3 heteroatoms. The first kappa shape index (κ1) is 14.5. The van der Waals surface area contributed by atoms with E-state index in [1.807, 2.05) is 18.2 Å². The number of hydrogen-bond donors (Lipinski definition) is 1. The molecular formula is C15H22N2O. The van der Waals surface area contributed by atoms with Crippen molar-refractivity contribution in [3.8, 4) is 11.8 Å². The molecule has 1 aromatic rings. The topological polar surface area (TPSA) is 45.0 Å². The van der Waals surface area contributed by atoms with Gasteiger partial charge < -0.3 is 10.1 Å². The zero-order chi connectivity index (χ0) is 13.4. The highest BCUT2D eigenvalue weighted by Gasteiger charge is 2.14. The van der Waals surface area contributed by atoms with Crippen molar-refractivity contribution in [2.24, 2.45) is 0 Å². The van der Waals surface area contributed by atoms with Crippen LogP contribution in [0.4, 0.5) is 0 Å². The van der Waals surface area contributed by atoms with Gasteiger partial charge in [-0.2, -0.15) is 5.26 Å². The van der Waals surface area contributed by atoms with Crippen LogP contribution in [0, 0.1) is 11.3 Å². The van der Waals surface area contributed by atoms with E-state index in [2.05, 4.69) is 31.3 Å². The highest BCUT2D eigenvalue weighted by molar-refractivity contribution is 5.36. The van der Waals surface area contributed by atoms with Gasteiger partial charge in [0.05, 0.1) is 0 Å². The van der Waals surface area contributed by atoms with Crippen LogP contribution in [-0.2, 0) is 0 Å². The Labute approximate surface area is 110 Å². The zero-order valence-corrected chi connectivity index (χ0v) is 11.4. The van der Waals surface area contributed by atoms with E-state index in [0.717, 1.165) is 30.7 Å². The monoisotopic (exact) mass is 246 g/mol. The summed E-state index contributed by atoms with van der Waals surface area (Å²) in [7, 11) is 0. The fraction of sp³-hybridized carbons (Fsp3) is 0.533. The van der Waals surface area contributed by atoms with Crippen LogP contribution in [-0.4, -0.2) is 12.6 Å². The average Bonchev–Trinajstić information content (AvgIpc) is 2.41. The van der Waals surface area contributed by atoms with Crippen molar-refractivity contribution in [1.29, 1.82) is 5.26 Å². The lowest BCUT2D eigenvalue weighted by Gasteiger charge is -2.21. The third kappa shape index (κ3) is 4.05. The standard InChI is InChI=1S/C15H22N2O/c1-4-10-17-14(5-2)13-8-6-7-9-15(13)18-12(3)11-16/h6-9,12,14,17H,4-5,10H2,1-3H3. The smallest absolute Gasteiger partial charge is 0.181 e. The molecule has 2 unspecified atom stereocenters. The molecule has 0 heterocycles. The Balaban J connectivity index is 2.88. The summed E-state index contributed by atoms with van der Waals surface area (Å²) in [6.45, 7) is 7.05. The molecule has 0 amide bonds. The first-order valence-corrected chi connectivity index (χ1v) is 6.61. The van der Waals surface area contributed by atoms with E-state index in [1.54, 1.807) is 6.92 Å². The van der Waals surface area contributed by atoms with Gasteiger partial charge in [-0.15, -0.1) is 0 Å². The molecule has 0 aliphatic rings. The van der Waals surface area contributed by atoms with Crippen molar-refractivity contribution < 1.29 is 4.74 Å². The number of benzene rings is 1. The summed E-state index contributed by atoms with van der Waals surface area (Å²) in [6.07, 6.45) is 1.69. The average molecular weight is 246 g/mol. The Bertz CT molecular complexity index is 398. The van der Waals surface area contributed by atoms with E-state index in [-0.39, 0.29) is 6.04 Å². The first-order chi connectivity index (χ1) is 8.72. The Morgan fingerprint density at radius 3 is 2.67 bits per heavy atom. The molecule has 1 aromatic carbocycles. The second-order valence-corrected chi connectivity index (χ2v) is 4.34. The second-order valence-electron chi connectivity index (χ2n) is 4.34. The van der Waals surface area contributed by atoms with Gasteiger partial charge in [0.15, 0.2) is 6.10 Å². The van der Waals surface area contributed by atoms with Crippen LogP contribution >= 0.6 is 0 Å². The maximum Gasteiger partial charge on any atom is 0.181 e. The van der Waals surface area contributed by atoms with Gasteiger partial charge in [-0.25, -0.2) is 0 Å². The fourth-order valence-corrected chi connectivity index (χ4v) is 1.89. The molecule has 18 heavy (non-hydrogen) atoms. The van der Waals surface area contributed by atoms with Crippen LogP contribution in [0.25, 0.3) is 0 Å². The molecular weight excluding hydrogens is 224 g/mol. The number of nitriles is 1. The predicted octanol–water partition coefficient (Wildman–Crippen LogP) is 3.43. The normalized spacial score (nSPS) is 13.7. The quantitative estimate of drug-likeness (QED) is 0.801. The molecule has 0 fully saturated rings. The summed E-state index contributed by atoms with van der Waals surface area (Å²) >= 11 is 0. The second kappa shape index (κ2) is 7.73. The molecule has 0 radical (unpaired) electrons. The van der Waals surface area contributed by atoms with Crippen molar-refractivity contribution in [3.63, 3.8) is 0 Å². The lowest BCUT2D eigenvalue weighted by atomic mass is 10.0. The Morgan fingerprint density at radius 1 is 1.33 bits per heavy atom. The molecule has 0 saturated carbocycles. The van der Waals surface area contributed by atoms with Gasteiger partial charge in [0.25, 0.3) is 0 Å². The summed E-state index contributed by atoms with van der Waals surface area (Å²) in [5.41, 5.74) is 1.13. The Kier molecular flexibility index (Phi) is 6.24. The maximum atomic E-state index is 8.83. The van der Waals surface area contributed by atoms with Gasteiger partial charge in [0.2, 0.25) is 0 Å². The molecule has 0 spiro atoms. The lowest BCUT2D eigenvalue weighted by molar-refractivity contribution is 0.270. The van der Waals surface area contributed by atoms with Gasteiger partial charge in [-0.3, -0.25) is 0 Å². The summed E-state index contributed by atoms with van der Waals surface area (Å²) in [5, 5.41) is 12.3.